The lowest BCUT2D eigenvalue weighted by Gasteiger charge is -2.34. The number of hydrogen-bond donors (Lipinski definition) is 1. The number of carbonyl (C=O) groups is 1. The number of likely N-dealkylation sites (N-methyl/N-ethyl adjacent to an activating group) is 1. The van der Waals surface area contributed by atoms with E-state index >= 15 is 0 Å². The number of carbonyl (C=O) groups excluding carboxylic acids is 1. The molecule has 134 valence electrons. The summed E-state index contributed by atoms with van der Waals surface area (Å²) in [4.78, 5) is 25.4. The molecule has 0 unspecified atom stereocenters. The summed E-state index contributed by atoms with van der Waals surface area (Å²) in [5.74, 6) is 0.800. The largest absolute Gasteiger partial charge is 0.354 e. The third-order valence-electron chi connectivity index (χ3n) is 4.50. The van der Waals surface area contributed by atoms with E-state index in [0.717, 1.165) is 37.6 Å². The average molecular weight is 343 g/mol. The van der Waals surface area contributed by atoms with Gasteiger partial charge in [0.2, 0.25) is 5.91 Å². The predicted octanol–water partition coefficient (Wildman–Crippen LogP) is 0.377. The van der Waals surface area contributed by atoms with Gasteiger partial charge in [-0.3, -0.25) is 9.48 Å². The standard InChI is InChI=1S/C17H25N7O/c1-14(11-24-13-18-12-21-24)17(25)20-10-15-4-3-5-19-16(15)23-8-6-22(2)7-9-23/h3-5,12-14H,6-11H2,1-2H3,(H,20,25)/t14-/m0/s1. The molecule has 3 heterocycles. The van der Waals surface area contributed by atoms with Crippen LogP contribution in [0.25, 0.3) is 0 Å². The van der Waals surface area contributed by atoms with E-state index in [4.69, 9.17) is 0 Å². The molecule has 0 radical (unpaired) electrons. The maximum atomic E-state index is 12.4. The molecule has 25 heavy (non-hydrogen) atoms. The summed E-state index contributed by atoms with van der Waals surface area (Å²) in [5.41, 5.74) is 1.05. The number of hydrogen-bond acceptors (Lipinski definition) is 6. The first-order valence-corrected chi connectivity index (χ1v) is 8.61. The zero-order chi connectivity index (χ0) is 17.6. The molecule has 1 saturated heterocycles. The number of pyridine rings is 1. The van der Waals surface area contributed by atoms with Crippen LogP contribution in [0.3, 0.4) is 0 Å². The number of nitrogens with one attached hydrogen (secondary N) is 1. The molecule has 1 aliphatic rings. The van der Waals surface area contributed by atoms with Crippen LogP contribution in [0.15, 0.2) is 31.0 Å². The van der Waals surface area contributed by atoms with E-state index in [-0.39, 0.29) is 11.8 Å². The SMILES string of the molecule is C[C@@H](Cn1cncn1)C(=O)NCc1cccnc1N1CCN(C)CC1. The van der Waals surface area contributed by atoms with Gasteiger partial charge in [0.1, 0.15) is 18.5 Å². The number of piperazine rings is 1. The molecule has 1 aliphatic heterocycles. The van der Waals surface area contributed by atoms with Crippen molar-refractivity contribution in [3.05, 3.63) is 36.5 Å². The summed E-state index contributed by atoms with van der Waals surface area (Å²) >= 11 is 0. The molecule has 2 aromatic heterocycles. The molecule has 0 bridgehead atoms. The summed E-state index contributed by atoms with van der Waals surface area (Å²) in [5, 5.41) is 7.07. The number of amides is 1. The Labute approximate surface area is 147 Å². The van der Waals surface area contributed by atoms with E-state index in [1.165, 1.54) is 6.33 Å². The molecule has 8 nitrogen and oxygen atoms in total. The normalized spacial score (nSPS) is 16.6. The van der Waals surface area contributed by atoms with Gasteiger partial charge in [-0.25, -0.2) is 9.97 Å². The summed E-state index contributed by atoms with van der Waals surface area (Å²) in [6.45, 7) is 6.85. The van der Waals surface area contributed by atoms with Gasteiger partial charge in [0.15, 0.2) is 0 Å². The van der Waals surface area contributed by atoms with Crippen LogP contribution in [0.1, 0.15) is 12.5 Å². The zero-order valence-electron chi connectivity index (χ0n) is 14.8. The minimum absolute atomic E-state index is 0.00341. The highest BCUT2D eigenvalue weighted by Gasteiger charge is 2.19. The van der Waals surface area contributed by atoms with E-state index in [0.29, 0.717) is 13.1 Å². The highest BCUT2D eigenvalue weighted by atomic mass is 16.1. The Morgan fingerprint density at radius 2 is 2.12 bits per heavy atom. The average Bonchev–Trinajstić information content (AvgIpc) is 3.13. The van der Waals surface area contributed by atoms with Gasteiger partial charge >= 0.3 is 0 Å². The van der Waals surface area contributed by atoms with Crippen molar-refractivity contribution in [2.45, 2.75) is 20.0 Å². The van der Waals surface area contributed by atoms with Crippen molar-refractivity contribution in [2.75, 3.05) is 38.1 Å². The molecular weight excluding hydrogens is 318 g/mol. The molecule has 0 spiro atoms. The first-order valence-electron chi connectivity index (χ1n) is 8.61. The first-order chi connectivity index (χ1) is 12.1. The maximum absolute atomic E-state index is 12.4. The summed E-state index contributed by atoms with van der Waals surface area (Å²) in [6, 6.07) is 3.95. The molecule has 1 amide bonds. The molecule has 0 aliphatic carbocycles. The van der Waals surface area contributed by atoms with Crippen LogP contribution in [0.4, 0.5) is 5.82 Å². The lowest BCUT2D eigenvalue weighted by molar-refractivity contribution is -0.125. The lowest BCUT2D eigenvalue weighted by Crippen LogP contribution is -2.45. The van der Waals surface area contributed by atoms with Crippen molar-refractivity contribution >= 4 is 11.7 Å². The number of anilines is 1. The molecule has 1 N–H and O–H groups in total. The minimum Gasteiger partial charge on any atom is -0.354 e. The van der Waals surface area contributed by atoms with Gasteiger partial charge in [0, 0.05) is 44.5 Å². The Bertz CT molecular complexity index is 680. The Hall–Kier alpha value is -2.48. The third kappa shape index (κ3) is 4.54. The van der Waals surface area contributed by atoms with Crippen molar-refractivity contribution in [1.82, 2.24) is 30.0 Å². The smallest absolute Gasteiger partial charge is 0.224 e. The second kappa shape index (κ2) is 8.06. The Kier molecular flexibility index (Phi) is 5.60. The Morgan fingerprint density at radius 1 is 1.32 bits per heavy atom. The second-order valence-corrected chi connectivity index (χ2v) is 6.51. The fourth-order valence-corrected chi connectivity index (χ4v) is 2.92. The molecular formula is C17H25N7O. The summed E-state index contributed by atoms with van der Waals surface area (Å²) < 4.78 is 1.67. The quantitative estimate of drug-likeness (QED) is 0.817. The molecule has 3 rings (SSSR count). The second-order valence-electron chi connectivity index (χ2n) is 6.51. The lowest BCUT2D eigenvalue weighted by atomic mass is 10.1. The molecule has 0 saturated carbocycles. The minimum atomic E-state index is -0.176. The zero-order valence-corrected chi connectivity index (χ0v) is 14.8. The molecule has 1 atom stereocenters. The Morgan fingerprint density at radius 3 is 2.84 bits per heavy atom. The first kappa shape index (κ1) is 17.3. The maximum Gasteiger partial charge on any atom is 0.224 e. The summed E-state index contributed by atoms with van der Waals surface area (Å²) in [7, 11) is 2.13. The van der Waals surface area contributed by atoms with Crippen molar-refractivity contribution < 1.29 is 4.79 Å². The summed E-state index contributed by atoms with van der Waals surface area (Å²) in [6.07, 6.45) is 4.91. The van der Waals surface area contributed by atoms with Gasteiger partial charge in [0.25, 0.3) is 0 Å². The highest BCUT2D eigenvalue weighted by Crippen LogP contribution is 2.18. The van der Waals surface area contributed by atoms with Gasteiger partial charge in [-0.15, -0.1) is 0 Å². The predicted molar refractivity (Wildman–Crippen MR) is 95.0 cm³/mol. The van der Waals surface area contributed by atoms with Crippen molar-refractivity contribution in [3.8, 4) is 0 Å². The van der Waals surface area contributed by atoms with E-state index in [9.17, 15) is 4.79 Å². The number of nitrogens with zero attached hydrogens (tertiary/aromatic N) is 6. The topological polar surface area (TPSA) is 79.2 Å². The van der Waals surface area contributed by atoms with E-state index in [1.54, 1.807) is 11.0 Å². The van der Waals surface area contributed by atoms with Crippen LogP contribution in [0, 0.1) is 5.92 Å². The van der Waals surface area contributed by atoms with Crippen molar-refractivity contribution in [3.63, 3.8) is 0 Å². The van der Waals surface area contributed by atoms with Crippen molar-refractivity contribution in [1.29, 1.82) is 0 Å². The van der Waals surface area contributed by atoms with Crippen LogP contribution in [0.5, 0.6) is 0 Å². The monoisotopic (exact) mass is 343 g/mol. The number of aromatic nitrogens is 4. The van der Waals surface area contributed by atoms with E-state index in [1.807, 2.05) is 25.3 Å². The van der Waals surface area contributed by atoms with Gasteiger partial charge in [-0.1, -0.05) is 13.0 Å². The number of rotatable bonds is 6. The van der Waals surface area contributed by atoms with Gasteiger partial charge in [0.05, 0.1) is 12.5 Å². The molecule has 8 heteroatoms. The van der Waals surface area contributed by atoms with Crippen LogP contribution in [-0.4, -0.2) is 63.8 Å². The van der Waals surface area contributed by atoms with E-state index in [2.05, 4.69) is 37.2 Å². The molecule has 1 fully saturated rings. The van der Waals surface area contributed by atoms with Crippen LogP contribution >= 0.6 is 0 Å². The van der Waals surface area contributed by atoms with Gasteiger partial charge in [-0.2, -0.15) is 5.10 Å². The highest BCUT2D eigenvalue weighted by molar-refractivity contribution is 5.78. The third-order valence-corrected chi connectivity index (χ3v) is 4.50. The van der Waals surface area contributed by atoms with Crippen LogP contribution < -0.4 is 10.2 Å². The fourth-order valence-electron chi connectivity index (χ4n) is 2.92. The van der Waals surface area contributed by atoms with Crippen molar-refractivity contribution in [2.24, 2.45) is 5.92 Å². The molecule has 0 aromatic carbocycles. The fraction of sp³-hybridized carbons (Fsp3) is 0.529. The van der Waals surface area contributed by atoms with Crippen LogP contribution in [0.2, 0.25) is 0 Å². The molecule has 2 aromatic rings. The van der Waals surface area contributed by atoms with Crippen LogP contribution in [-0.2, 0) is 17.9 Å². The Balaban J connectivity index is 1.58. The van der Waals surface area contributed by atoms with E-state index < -0.39 is 0 Å². The van der Waals surface area contributed by atoms with Gasteiger partial charge < -0.3 is 15.1 Å². The van der Waals surface area contributed by atoms with Gasteiger partial charge in [-0.05, 0) is 13.1 Å².